The molecule has 108 valence electrons. The molecule has 6 heteroatoms. The third-order valence-electron chi connectivity index (χ3n) is 3.10. The minimum Gasteiger partial charge on any atom is -0.478 e. The summed E-state index contributed by atoms with van der Waals surface area (Å²) < 4.78 is 0. The molecule has 0 aromatic heterocycles. The first-order chi connectivity index (χ1) is 9.97. The Bertz CT molecular complexity index is 668. The Kier molecular flexibility index (Phi) is 4.18. The SMILES string of the molecule is CC(Nc1ccc(C(=O)O)cc1)c1cccc([N+](=O)[O-])c1. The maximum absolute atomic E-state index is 10.8. The number of anilines is 1. The molecular weight excluding hydrogens is 272 g/mol. The monoisotopic (exact) mass is 286 g/mol. The van der Waals surface area contributed by atoms with Gasteiger partial charge in [-0.1, -0.05) is 12.1 Å². The fourth-order valence-electron chi connectivity index (χ4n) is 1.95. The van der Waals surface area contributed by atoms with Gasteiger partial charge in [-0.2, -0.15) is 0 Å². The van der Waals surface area contributed by atoms with Crippen LogP contribution in [0.2, 0.25) is 0 Å². The lowest BCUT2D eigenvalue weighted by Gasteiger charge is -2.15. The minimum absolute atomic E-state index is 0.0439. The summed E-state index contributed by atoms with van der Waals surface area (Å²) in [5.41, 5.74) is 1.79. The van der Waals surface area contributed by atoms with Gasteiger partial charge in [0.1, 0.15) is 0 Å². The molecular formula is C15H14N2O4. The van der Waals surface area contributed by atoms with Crippen LogP contribution in [-0.4, -0.2) is 16.0 Å². The average Bonchev–Trinajstić information content (AvgIpc) is 2.48. The van der Waals surface area contributed by atoms with Gasteiger partial charge in [0.15, 0.2) is 0 Å². The number of carboxylic acids is 1. The van der Waals surface area contributed by atoms with E-state index in [1.54, 1.807) is 24.3 Å². The highest BCUT2D eigenvalue weighted by atomic mass is 16.6. The van der Waals surface area contributed by atoms with Gasteiger partial charge in [-0.3, -0.25) is 10.1 Å². The van der Waals surface area contributed by atoms with E-state index in [2.05, 4.69) is 5.32 Å². The maximum atomic E-state index is 10.8. The van der Waals surface area contributed by atoms with E-state index < -0.39 is 10.9 Å². The zero-order valence-electron chi connectivity index (χ0n) is 11.3. The molecule has 2 aromatic carbocycles. The summed E-state index contributed by atoms with van der Waals surface area (Å²) in [6, 6.07) is 12.6. The summed E-state index contributed by atoms with van der Waals surface area (Å²) in [5.74, 6) is -0.978. The lowest BCUT2D eigenvalue weighted by molar-refractivity contribution is -0.384. The van der Waals surface area contributed by atoms with Crippen LogP contribution in [0.15, 0.2) is 48.5 Å². The van der Waals surface area contributed by atoms with Gasteiger partial charge in [-0.05, 0) is 36.8 Å². The number of nitrogens with one attached hydrogen (secondary N) is 1. The van der Waals surface area contributed by atoms with E-state index in [9.17, 15) is 14.9 Å². The molecule has 0 aliphatic rings. The van der Waals surface area contributed by atoms with Crippen LogP contribution in [0.3, 0.4) is 0 Å². The molecule has 0 bridgehead atoms. The van der Waals surface area contributed by atoms with Crippen LogP contribution in [0.4, 0.5) is 11.4 Å². The number of nitrogens with zero attached hydrogens (tertiary/aromatic N) is 1. The lowest BCUT2D eigenvalue weighted by Crippen LogP contribution is -2.07. The second kappa shape index (κ2) is 6.04. The van der Waals surface area contributed by atoms with Crippen molar-refractivity contribution >= 4 is 17.3 Å². The molecule has 0 spiro atoms. The number of hydrogen-bond acceptors (Lipinski definition) is 4. The zero-order valence-corrected chi connectivity index (χ0v) is 11.3. The van der Waals surface area contributed by atoms with Gasteiger partial charge in [0, 0.05) is 23.9 Å². The molecule has 0 aliphatic heterocycles. The van der Waals surface area contributed by atoms with Crippen molar-refractivity contribution in [2.45, 2.75) is 13.0 Å². The molecule has 2 N–H and O–H groups in total. The first-order valence-corrected chi connectivity index (χ1v) is 6.31. The van der Waals surface area contributed by atoms with Gasteiger partial charge in [0.05, 0.1) is 10.5 Å². The molecule has 0 fully saturated rings. The standard InChI is InChI=1S/C15H14N2O4/c1-10(12-3-2-4-14(9-12)17(20)21)16-13-7-5-11(6-8-13)15(18)19/h2-10,16H,1H3,(H,18,19). The van der Waals surface area contributed by atoms with Crippen LogP contribution in [-0.2, 0) is 0 Å². The lowest BCUT2D eigenvalue weighted by atomic mass is 10.1. The third kappa shape index (κ3) is 3.56. The first kappa shape index (κ1) is 14.5. The molecule has 0 saturated heterocycles. The van der Waals surface area contributed by atoms with Crippen LogP contribution in [0.1, 0.15) is 28.9 Å². The predicted octanol–water partition coefficient (Wildman–Crippen LogP) is 3.47. The number of rotatable bonds is 5. The number of aromatic carboxylic acids is 1. The van der Waals surface area contributed by atoms with E-state index in [-0.39, 0.29) is 17.3 Å². The van der Waals surface area contributed by atoms with Gasteiger partial charge in [-0.15, -0.1) is 0 Å². The molecule has 2 aromatic rings. The molecule has 6 nitrogen and oxygen atoms in total. The Morgan fingerprint density at radius 3 is 2.48 bits per heavy atom. The molecule has 0 aliphatic carbocycles. The normalized spacial score (nSPS) is 11.7. The highest BCUT2D eigenvalue weighted by Gasteiger charge is 2.11. The van der Waals surface area contributed by atoms with E-state index in [0.717, 1.165) is 11.3 Å². The van der Waals surface area contributed by atoms with Gasteiger partial charge in [0.25, 0.3) is 5.69 Å². The molecule has 1 atom stereocenters. The fraction of sp³-hybridized carbons (Fsp3) is 0.133. The van der Waals surface area contributed by atoms with Crippen LogP contribution in [0.5, 0.6) is 0 Å². The quantitative estimate of drug-likeness (QED) is 0.648. The summed E-state index contributed by atoms with van der Waals surface area (Å²) in [5, 5.41) is 22.8. The van der Waals surface area contributed by atoms with Crippen LogP contribution < -0.4 is 5.32 Å². The van der Waals surface area contributed by atoms with Crippen molar-refractivity contribution < 1.29 is 14.8 Å². The van der Waals surface area contributed by atoms with E-state index in [4.69, 9.17) is 5.11 Å². The molecule has 0 saturated carbocycles. The van der Waals surface area contributed by atoms with Crippen molar-refractivity contribution in [1.29, 1.82) is 0 Å². The Labute approximate surface area is 121 Å². The number of benzene rings is 2. The fourth-order valence-corrected chi connectivity index (χ4v) is 1.95. The van der Waals surface area contributed by atoms with E-state index in [1.807, 2.05) is 6.92 Å². The van der Waals surface area contributed by atoms with Crippen LogP contribution in [0.25, 0.3) is 0 Å². The summed E-state index contributed by atoms with van der Waals surface area (Å²) in [7, 11) is 0. The molecule has 0 heterocycles. The van der Waals surface area contributed by atoms with Gasteiger partial charge in [0.2, 0.25) is 0 Å². The average molecular weight is 286 g/mol. The third-order valence-corrected chi connectivity index (χ3v) is 3.10. The zero-order chi connectivity index (χ0) is 15.4. The number of carbonyl (C=O) groups is 1. The number of hydrogen-bond donors (Lipinski definition) is 2. The Morgan fingerprint density at radius 2 is 1.90 bits per heavy atom. The molecule has 1 unspecified atom stereocenters. The largest absolute Gasteiger partial charge is 0.478 e. The minimum atomic E-state index is -0.978. The Balaban J connectivity index is 2.13. The van der Waals surface area contributed by atoms with Crippen molar-refractivity contribution in [2.75, 3.05) is 5.32 Å². The summed E-state index contributed by atoms with van der Waals surface area (Å²) >= 11 is 0. The smallest absolute Gasteiger partial charge is 0.335 e. The predicted molar refractivity (Wildman–Crippen MR) is 78.5 cm³/mol. The first-order valence-electron chi connectivity index (χ1n) is 6.31. The maximum Gasteiger partial charge on any atom is 0.335 e. The van der Waals surface area contributed by atoms with Crippen molar-refractivity contribution in [3.05, 3.63) is 69.8 Å². The van der Waals surface area contributed by atoms with E-state index in [0.29, 0.717) is 0 Å². The molecule has 21 heavy (non-hydrogen) atoms. The van der Waals surface area contributed by atoms with Gasteiger partial charge < -0.3 is 10.4 Å². The van der Waals surface area contributed by atoms with Gasteiger partial charge >= 0.3 is 5.97 Å². The van der Waals surface area contributed by atoms with Crippen LogP contribution in [0, 0.1) is 10.1 Å². The Morgan fingerprint density at radius 1 is 1.24 bits per heavy atom. The van der Waals surface area contributed by atoms with E-state index >= 15 is 0 Å². The van der Waals surface area contributed by atoms with Crippen molar-refractivity contribution in [3.8, 4) is 0 Å². The highest BCUT2D eigenvalue weighted by molar-refractivity contribution is 5.88. The number of non-ortho nitro benzene ring substituents is 1. The van der Waals surface area contributed by atoms with E-state index in [1.165, 1.54) is 24.3 Å². The second-order valence-electron chi connectivity index (χ2n) is 4.60. The van der Waals surface area contributed by atoms with Crippen molar-refractivity contribution in [3.63, 3.8) is 0 Å². The van der Waals surface area contributed by atoms with Crippen LogP contribution >= 0.6 is 0 Å². The number of nitro groups is 1. The molecule has 2 rings (SSSR count). The summed E-state index contributed by atoms with van der Waals surface area (Å²) in [4.78, 5) is 21.1. The number of carboxylic acid groups (broad SMARTS) is 1. The van der Waals surface area contributed by atoms with Crippen molar-refractivity contribution in [1.82, 2.24) is 0 Å². The summed E-state index contributed by atoms with van der Waals surface area (Å²) in [6.45, 7) is 1.88. The van der Waals surface area contributed by atoms with Crippen molar-refractivity contribution in [2.24, 2.45) is 0 Å². The topological polar surface area (TPSA) is 92.5 Å². The van der Waals surface area contributed by atoms with Gasteiger partial charge in [-0.25, -0.2) is 4.79 Å². The highest BCUT2D eigenvalue weighted by Crippen LogP contribution is 2.23. The summed E-state index contributed by atoms with van der Waals surface area (Å²) in [6.07, 6.45) is 0. The molecule has 0 radical (unpaired) electrons. The number of nitro benzene ring substituents is 1. The molecule has 0 amide bonds. The Hall–Kier alpha value is -2.89. The second-order valence-corrected chi connectivity index (χ2v) is 4.60.